The Labute approximate surface area is 119 Å². The van der Waals surface area contributed by atoms with Crippen LogP contribution in [0.15, 0.2) is 12.1 Å². The molecule has 90 valence electrons. The maximum Gasteiger partial charge on any atom is 0.0861 e. The maximum atomic E-state index is 6.08. The van der Waals surface area contributed by atoms with Crippen LogP contribution in [0.1, 0.15) is 18.2 Å². The number of nitrogens with two attached hydrogens (primary N) is 1. The lowest BCUT2D eigenvalue weighted by atomic mass is 10.1. The predicted octanol–water partition coefficient (Wildman–Crippen LogP) is 3.65. The van der Waals surface area contributed by atoms with Gasteiger partial charge in [0.2, 0.25) is 0 Å². The summed E-state index contributed by atoms with van der Waals surface area (Å²) in [5, 5.41) is 1.67. The standard InChI is InChI=1S/C12H13ClIN3/c1-3-10-6(2)11(17-15)8-4-7(13)5-9(14)12(8)16-10/h4-5H,3,15H2,1-2H3,(H,16,17). The van der Waals surface area contributed by atoms with Gasteiger partial charge in [0.1, 0.15) is 0 Å². The van der Waals surface area contributed by atoms with Crippen molar-refractivity contribution in [1.82, 2.24) is 4.98 Å². The van der Waals surface area contributed by atoms with Crippen molar-refractivity contribution in [3.63, 3.8) is 0 Å². The summed E-state index contributed by atoms with van der Waals surface area (Å²) < 4.78 is 1.04. The first-order valence-corrected chi connectivity index (χ1v) is 6.79. The molecule has 3 nitrogen and oxygen atoms in total. The summed E-state index contributed by atoms with van der Waals surface area (Å²) in [6.45, 7) is 4.11. The number of rotatable bonds is 2. The molecule has 0 atom stereocenters. The summed E-state index contributed by atoms with van der Waals surface area (Å²) in [4.78, 5) is 4.68. The Bertz CT molecular complexity index is 584. The number of hydrogen-bond acceptors (Lipinski definition) is 3. The molecule has 0 aliphatic rings. The van der Waals surface area contributed by atoms with E-state index in [2.05, 4.69) is 39.9 Å². The van der Waals surface area contributed by atoms with Crippen molar-refractivity contribution in [3.05, 3.63) is 32.0 Å². The van der Waals surface area contributed by atoms with Crippen LogP contribution >= 0.6 is 34.2 Å². The van der Waals surface area contributed by atoms with E-state index >= 15 is 0 Å². The number of aromatic nitrogens is 1. The van der Waals surface area contributed by atoms with Gasteiger partial charge in [0.25, 0.3) is 0 Å². The Balaban J connectivity index is 2.92. The number of aryl methyl sites for hydroxylation is 1. The van der Waals surface area contributed by atoms with Crippen molar-refractivity contribution in [1.29, 1.82) is 0 Å². The highest BCUT2D eigenvalue weighted by Gasteiger charge is 2.12. The SMILES string of the molecule is CCc1nc2c(I)cc(Cl)cc2c(NN)c1C. The highest BCUT2D eigenvalue weighted by atomic mass is 127. The monoisotopic (exact) mass is 361 g/mol. The normalized spacial score (nSPS) is 10.9. The van der Waals surface area contributed by atoms with E-state index in [1.54, 1.807) is 0 Å². The summed E-state index contributed by atoms with van der Waals surface area (Å²) in [6, 6.07) is 3.81. The van der Waals surface area contributed by atoms with Gasteiger partial charge in [-0.3, -0.25) is 10.8 Å². The molecule has 2 rings (SSSR count). The van der Waals surface area contributed by atoms with Crippen molar-refractivity contribution >= 4 is 50.8 Å². The molecule has 0 bridgehead atoms. The van der Waals surface area contributed by atoms with Crippen LogP contribution < -0.4 is 11.3 Å². The topological polar surface area (TPSA) is 50.9 Å². The molecule has 2 aromatic rings. The molecule has 0 saturated heterocycles. The number of nitrogen functional groups attached to an aromatic ring is 1. The molecule has 0 fully saturated rings. The van der Waals surface area contributed by atoms with E-state index in [0.717, 1.165) is 37.8 Å². The van der Waals surface area contributed by atoms with Gasteiger partial charge in [0.05, 0.1) is 11.2 Å². The second kappa shape index (κ2) is 4.96. The molecule has 5 heteroatoms. The number of halogens is 2. The Hall–Kier alpha value is -0.590. The van der Waals surface area contributed by atoms with Crippen LogP contribution in [0.3, 0.4) is 0 Å². The van der Waals surface area contributed by atoms with Crippen molar-refractivity contribution in [3.8, 4) is 0 Å². The van der Waals surface area contributed by atoms with Gasteiger partial charge in [0, 0.05) is 19.7 Å². The molecule has 0 unspecified atom stereocenters. The minimum atomic E-state index is 0.698. The lowest BCUT2D eigenvalue weighted by Gasteiger charge is -2.14. The summed E-state index contributed by atoms with van der Waals surface area (Å²) in [5.41, 5.74) is 6.77. The van der Waals surface area contributed by atoms with Gasteiger partial charge < -0.3 is 5.43 Å². The number of nitrogens with one attached hydrogen (secondary N) is 1. The second-order valence-corrected chi connectivity index (χ2v) is 5.44. The Morgan fingerprint density at radius 1 is 1.47 bits per heavy atom. The molecule has 1 aromatic carbocycles. The molecule has 1 aromatic heterocycles. The third-order valence-electron chi connectivity index (χ3n) is 2.83. The highest BCUT2D eigenvalue weighted by Crippen LogP contribution is 2.32. The number of hydrazine groups is 1. The second-order valence-electron chi connectivity index (χ2n) is 3.84. The smallest absolute Gasteiger partial charge is 0.0861 e. The summed E-state index contributed by atoms with van der Waals surface area (Å²) in [7, 11) is 0. The zero-order valence-electron chi connectivity index (χ0n) is 9.64. The molecule has 0 radical (unpaired) electrons. The number of nitrogens with zero attached hydrogens (tertiary/aromatic N) is 1. The number of pyridine rings is 1. The number of benzene rings is 1. The van der Waals surface area contributed by atoms with Gasteiger partial charge >= 0.3 is 0 Å². The van der Waals surface area contributed by atoms with E-state index in [-0.39, 0.29) is 0 Å². The van der Waals surface area contributed by atoms with E-state index in [1.165, 1.54) is 0 Å². The number of anilines is 1. The van der Waals surface area contributed by atoms with Crippen LogP contribution in [-0.4, -0.2) is 4.98 Å². The fraction of sp³-hybridized carbons (Fsp3) is 0.250. The molecule has 17 heavy (non-hydrogen) atoms. The van der Waals surface area contributed by atoms with Gasteiger partial charge in [0.15, 0.2) is 0 Å². The van der Waals surface area contributed by atoms with Gasteiger partial charge in [-0.15, -0.1) is 0 Å². The quantitative estimate of drug-likeness (QED) is 0.488. The Morgan fingerprint density at radius 2 is 2.18 bits per heavy atom. The van der Waals surface area contributed by atoms with E-state index in [0.29, 0.717) is 5.02 Å². The molecule has 3 N–H and O–H groups in total. The minimum absolute atomic E-state index is 0.698. The fourth-order valence-electron chi connectivity index (χ4n) is 1.97. The summed E-state index contributed by atoms with van der Waals surface area (Å²) in [6.07, 6.45) is 0.884. The lowest BCUT2D eigenvalue weighted by Crippen LogP contribution is -2.11. The van der Waals surface area contributed by atoms with Crippen LogP contribution in [0, 0.1) is 10.5 Å². The van der Waals surface area contributed by atoms with Crippen molar-refractivity contribution in [2.45, 2.75) is 20.3 Å². The van der Waals surface area contributed by atoms with Gasteiger partial charge in [-0.2, -0.15) is 0 Å². The lowest BCUT2D eigenvalue weighted by molar-refractivity contribution is 1.03. The summed E-state index contributed by atoms with van der Waals surface area (Å²) in [5.74, 6) is 5.62. The average molecular weight is 362 g/mol. The van der Waals surface area contributed by atoms with Gasteiger partial charge in [-0.05, 0) is 53.6 Å². The average Bonchev–Trinajstić information content (AvgIpc) is 2.28. The molecular formula is C12H13ClIN3. The summed E-state index contributed by atoms with van der Waals surface area (Å²) >= 11 is 8.32. The zero-order valence-corrected chi connectivity index (χ0v) is 12.6. The van der Waals surface area contributed by atoms with Crippen molar-refractivity contribution < 1.29 is 0 Å². The van der Waals surface area contributed by atoms with Crippen LogP contribution in [0.4, 0.5) is 5.69 Å². The number of fused-ring (bicyclic) bond motifs is 1. The zero-order chi connectivity index (χ0) is 12.6. The molecule has 0 aliphatic heterocycles. The Kier molecular flexibility index (Phi) is 3.75. The maximum absolute atomic E-state index is 6.08. The third kappa shape index (κ3) is 2.21. The van der Waals surface area contributed by atoms with E-state index in [9.17, 15) is 0 Å². The minimum Gasteiger partial charge on any atom is -0.323 e. The molecule has 0 amide bonds. The van der Waals surface area contributed by atoms with Crippen LogP contribution in [0.25, 0.3) is 10.9 Å². The van der Waals surface area contributed by atoms with Crippen molar-refractivity contribution in [2.75, 3.05) is 5.43 Å². The first-order valence-electron chi connectivity index (χ1n) is 5.33. The molecule has 1 heterocycles. The Morgan fingerprint density at radius 3 is 2.76 bits per heavy atom. The van der Waals surface area contributed by atoms with E-state index in [1.807, 2.05) is 19.1 Å². The van der Waals surface area contributed by atoms with Crippen molar-refractivity contribution in [2.24, 2.45) is 5.84 Å². The van der Waals surface area contributed by atoms with E-state index in [4.69, 9.17) is 17.4 Å². The first-order chi connectivity index (χ1) is 8.08. The van der Waals surface area contributed by atoms with Gasteiger partial charge in [-0.1, -0.05) is 18.5 Å². The predicted molar refractivity (Wildman–Crippen MR) is 81.4 cm³/mol. The largest absolute Gasteiger partial charge is 0.323 e. The fourth-order valence-corrected chi connectivity index (χ4v) is 3.11. The van der Waals surface area contributed by atoms with E-state index < -0.39 is 0 Å². The molecule has 0 aliphatic carbocycles. The number of hydrogen-bond donors (Lipinski definition) is 2. The molecule has 0 saturated carbocycles. The van der Waals surface area contributed by atoms with Gasteiger partial charge in [-0.25, -0.2) is 0 Å². The van der Waals surface area contributed by atoms with Crippen LogP contribution in [0.5, 0.6) is 0 Å². The molecule has 0 spiro atoms. The third-order valence-corrected chi connectivity index (χ3v) is 3.87. The highest BCUT2D eigenvalue weighted by molar-refractivity contribution is 14.1. The van der Waals surface area contributed by atoms with Crippen LogP contribution in [-0.2, 0) is 6.42 Å². The molecular weight excluding hydrogens is 349 g/mol. The van der Waals surface area contributed by atoms with Crippen LogP contribution in [0.2, 0.25) is 5.02 Å². The first kappa shape index (κ1) is 12.9.